The number of pyridine rings is 1. The van der Waals surface area contributed by atoms with Gasteiger partial charge in [-0.15, -0.1) is 0 Å². The van der Waals surface area contributed by atoms with Crippen LogP contribution in [0.1, 0.15) is 19.8 Å². The van der Waals surface area contributed by atoms with Crippen LogP contribution in [0.15, 0.2) is 36.5 Å². The van der Waals surface area contributed by atoms with Gasteiger partial charge in [0.05, 0.1) is 22.7 Å². The Balaban J connectivity index is 1.68. The maximum Gasteiger partial charge on any atom is 0.233 e. The van der Waals surface area contributed by atoms with Crippen molar-refractivity contribution in [3.05, 3.63) is 36.5 Å². The second-order valence-corrected chi connectivity index (χ2v) is 8.57. The molecule has 2 heterocycles. The molecule has 1 saturated heterocycles. The van der Waals surface area contributed by atoms with Gasteiger partial charge in [0.2, 0.25) is 11.8 Å². The van der Waals surface area contributed by atoms with Gasteiger partial charge in [-0.05, 0) is 25.5 Å². The summed E-state index contributed by atoms with van der Waals surface area (Å²) in [4.78, 5) is 30.6. The number of fused-ring (bicyclic) bond motifs is 1. The first-order valence-electron chi connectivity index (χ1n) is 8.53. The van der Waals surface area contributed by atoms with Gasteiger partial charge < -0.3 is 10.2 Å². The van der Waals surface area contributed by atoms with Crippen LogP contribution in [-0.2, 0) is 19.4 Å². The highest BCUT2D eigenvalue weighted by atomic mass is 32.2. The SMILES string of the molecule is CCN(C(=O)CC(=O)Nc1cccc2cccnc12)C1CCS(=O)(=O)C1. The Kier molecular flexibility index (Phi) is 5.22. The van der Waals surface area contributed by atoms with Crippen molar-refractivity contribution < 1.29 is 18.0 Å². The molecular weight excluding hydrogens is 354 g/mol. The molecule has 0 bridgehead atoms. The van der Waals surface area contributed by atoms with Crippen LogP contribution < -0.4 is 5.32 Å². The van der Waals surface area contributed by atoms with Crippen molar-refractivity contribution in [2.45, 2.75) is 25.8 Å². The standard InChI is InChI=1S/C18H21N3O4S/c1-2-21(14-8-10-26(24,25)12-14)17(23)11-16(22)20-15-7-3-5-13-6-4-9-19-18(13)15/h3-7,9,14H,2,8,10-12H2,1H3,(H,20,22). The average Bonchev–Trinajstić information content (AvgIpc) is 2.95. The summed E-state index contributed by atoms with van der Waals surface area (Å²) in [7, 11) is -3.09. The Labute approximate surface area is 152 Å². The molecule has 2 aromatic rings. The fourth-order valence-corrected chi connectivity index (χ4v) is 5.03. The monoisotopic (exact) mass is 375 g/mol. The molecule has 1 aliphatic heterocycles. The number of nitrogens with one attached hydrogen (secondary N) is 1. The lowest BCUT2D eigenvalue weighted by molar-refractivity contribution is -0.135. The maximum absolute atomic E-state index is 12.5. The number of hydrogen-bond donors (Lipinski definition) is 1. The van der Waals surface area contributed by atoms with Crippen LogP contribution in [0.5, 0.6) is 0 Å². The topological polar surface area (TPSA) is 96.4 Å². The molecule has 1 unspecified atom stereocenters. The van der Waals surface area contributed by atoms with Crippen molar-refractivity contribution in [1.29, 1.82) is 0 Å². The van der Waals surface area contributed by atoms with Crippen molar-refractivity contribution in [2.24, 2.45) is 0 Å². The minimum atomic E-state index is -3.09. The number of aromatic nitrogens is 1. The minimum Gasteiger partial charge on any atom is -0.338 e. The lowest BCUT2D eigenvalue weighted by atomic mass is 10.2. The Morgan fingerprint density at radius 2 is 2.04 bits per heavy atom. The Morgan fingerprint density at radius 3 is 2.73 bits per heavy atom. The third-order valence-electron chi connectivity index (χ3n) is 4.53. The maximum atomic E-state index is 12.5. The van der Waals surface area contributed by atoms with E-state index in [0.29, 0.717) is 24.2 Å². The molecular formula is C18H21N3O4S. The highest BCUT2D eigenvalue weighted by Gasteiger charge is 2.34. The second kappa shape index (κ2) is 7.41. The first-order valence-corrected chi connectivity index (χ1v) is 10.4. The van der Waals surface area contributed by atoms with Gasteiger partial charge in [0.1, 0.15) is 6.42 Å². The molecule has 1 fully saturated rings. The summed E-state index contributed by atoms with van der Waals surface area (Å²) in [6.07, 6.45) is 1.74. The molecule has 2 amide bonds. The lowest BCUT2D eigenvalue weighted by Crippen LogP contribution is -2.42. The van der Waals surface area contributed by atoms with Gasteiger partial charge in [0.15, 0.2) is 9.84 Å². The van der Waals surface area contributed by atoms with Gasteiger partial charge in [-0.2, -0.15) is 0 Å². The number of carbonyl (C=O) groups is 2. The largest absolute Gasteiger partial charge is 0.338 e. The van der Waals surface area contributed by atoms with Crippen molar-refractivity contribution in [3.63, 3.8) is 0 Å². The quantitative estimate of drug-likeness (QED) is 0.801. The molecule has 0 spiro atoms. The molecule has 1 aromatic heterocycles. The van der Waals surface area contributed by atoms with Gasteiger partial charge in [0.25, 0.3) is 0 Å². The predicted octanol–water partition coefficient (Wildman–Crippen LogP) is 1.60. The van der Waals surface area contributed by atoms with E-state index in [1.807, 2.05) is 24.3 Å². The van der Waals surface area contributed by atoms with Crippen LogP contribution >= 0.6 is 0 Å². The third-order valence-corrected chi connectivity index (χ3v) is 6.28. The van der Waals surface area contributed by atoms with Crippen LogP contribution in [0, 0.1) is 0 Å². The van der Waals surface area contributed by atoms with Crippen molar-refractivity contribution in [3.8, 4) is 0 Å². The number of amides is 2. The van der Waals surface area contributed by atoms with Crippen molar-refractivity contribution in [1.82, 2.24) is 9.88 Å². The normalized spacial score (nSPS) is 18.6. The summed E-state index contributed by atoms with van der Waals surface area (Å²) < 4.78 is 23.3. The summed E-state index contributed by atoms with van der Waals surface area (Å²) in [5.74, 6) is -0.732. The Bertz CT molecular complexity index is 937. The summed E-state index contributed by atoms with van der Waals surface area (Å²) in [5.41, 5.74) is 1.21. The molecule has 3 rings (SSSR count). The number of benzene rings is 1. The number of nitrogens with zero attached hydrogens (tertiary/aromatic N) is 2. The van der Waals surface area contributed by atoms with Crippen LogP contribution in [0.2, 0.25) is 0 Å². The minimum absolute atomic E-state index is 0.0263. The fourth-order valence-electron chi connectivity index (χ4n) is 3.30. The van der Waals surface area contributed by atoms with Crippen molar-refractivity contribution in [2.75, 3.05) is 23.4 Å². The second-order valence-electron chi connectivity index (χ2n) is 6.34. The molecule has 26 heavy (non-hydrogen) atoms. The zero-order valence-electron chi connectivity index (χ0n) is 14.5. The molecule has 138 valence electrons. The molecule has 0 aliphatic carbocycles. The van der Waals surface area contributed by atoms with Gasteiger partial charge >= 0.3 is 0 Å². The van der Waals surface area contributed by atoms with E-state index in [9.17, 15) is 18.0 Å². The molecule has 1 aromatic carbocycles. The summed E-state index contributed by atoms with van der Waals surface area (Å²) >= 11 is 0. The van der Waals surface area contributed by atoms with E-state index < -0.39 is 15.7 Å². The zero-order valence-corrected chi connectivity index (χ0v) is 15.3. The first-order chi connectivity index (χ1) is 12.4. The van der Waals surface area contributed by atoms with Crippen LogP contribution in [0.4, 0.5) is 5.69 Å². The van der Waals surface area contributed by atoms with Gasteiger partial charge in [-0.25, -0.2) is 8.42 Å². The van der Waals surface area contributed by atoms with E-state index in [1.165, 1.54) is 4.90 Å². The van der Waals surface area contributed by atoms with Gasteiger partial charge in [0, 0.05) is 24.2 Å². The van der Waals surface area contributed by atoms with E-state index in [-0.39, 0.29) is 29.9 Å². The van der Waals surface area contributed by atoms with Gasteiger partial charge in [-0.3, -0.25) is 14.6 Å². The molecule has 1 N–H and O–H groups in total. The Morgan fingerprint density at radius 1 is 1.27 bits per heavy atom. The summed E-state index contributed by atoms with van der Waals surface area (Å²) in [6.45, 7) is 2.16. The summed E-state index contributed by atoms with van der Waals surface area (Å²) in [5, 5.41) is 3.63. The fraction of sp³-hybridized carbons (Fsp3) is 0.389. The number of carbonyl (C=O) groups excluding carboxylic acids is 2. The average molecular weight is 375 g/mol. The lowest BCUT2D eigenvalue weighted by Gasteiger charge is -2.26. The van der Waals surface area contributed by atoms with E-state index in [4.69, 9.17) is 0 Å². The Hall–Kier alpha value is -2.48. The van der Waals surface area contributed by atoms with Crippen LogP contribution in [0.25, 0.3) is 10.9 Å². The van der Waals surface area contributed by atoms with E-state index in [0.717, 1.165) is 5.39 Å². The highest BCUT2D eigenvalue weighted by molar-refractivity contribution is 7.91. The van der Waals surface area contributed by atoms with E-state index >= 15 is 0 Å². The van der Waals surface area contributed by atoms with E-state index in [2.05, 4.69) is 10.3 Å². The summed E-state index contributed by atoms with van der Waals surface area (Å²) in [6, 6.07) is 8.80. The number of anilines is 1. The number of para-hydroxylation sites is 1. The molecule has 0 radical (unpaired) electrons. The highest BCUT2D eigenvalue weighted by Crippen LogP contribution is 2.21. The zero-order chi connectivity index (χ0) is 18.7. The first kappa shape index (κ1) is 18.3. The van der Waals surface area contributed by atoms with Crippen LogP contribution in [0.3, 0.4) is 0 Å². The number of sulfone groups is 1. The predicted molar refractivity (Wildman–Crippen MR) is 99.4 cm³/mol. The molecule has 7 nitrogen and oxygen atoms in total. The number of rotatable bonds is 5. The molecule has 1 atom stereocenters. The smallest absolute Gasteiger partial charge is 0.233 e. The third kappa shape index (κ3) is 4.01. The molecule has 8 heteroatoms. The van der Waals surface area contributed by atoms with Crippen molar-refractivity contribution >= 4 is 38.2 Å². The van der Waals surface area contributed by atoms with Gasteiger partial charge in [-0.1, -0.05) is 18.2 Å². The van der Waals surface area contributed by atoms with Crippen LogP contribution in [-0.4, -0.2) is 54.2 Å². The number of hydrogen-bond acceptors (Lipinski definition) is 5. The van der Waals surface area contributed by atoms with E-state index in [1.54, 1.807) is 19.2 Å². The molecule has 0 saturated carbocycles. The molecule has 1 aliphatic rings.